The summed E-state index contributed by atoms with van der Waals surface area (Å²) in [6, 6.07) is 3.40. The lowest BCUT2D eigenvalue weighted by molar-refractivity contribution is -0.190. The highest BCUT2D eigenvalue weighted by Crippen LogP contribution is 2.31. The first-order valence-corrected chi connectivity index (χ1v) is 13.4. The zero-order chi connectivity index (χ0) is 27.3. The number of aromatic nitrogens is 4. The number of pyridine rings is 1. The van der Waals surface area contributed by atoms with Crippen molar-refractivity contribution in [2.24, 2.45) is 23.9 Å². The molecule has 4 rings (SSSR count). The summed E-state index contributed by atoms with van der Waals surface area (Å²) in [5.41, 5.74) is 1.92. The van der Waals surface area contributed by atoms with Gasteiger partial charge in [-0.15, -0.1) is 0 Å². The molecule has 1 atom stereocenters. The molecule has 1 fully saturated rings. The smallest absolute Gasteiger partial charge is 0.425 e. The van der Waals surface area contributed by atoms with Crippen LogP contribution in [-0.4, -0.2) is 68.7 Å². The highest BCUT2D eigenvalue weighted by Gasteiger charge is 2.38. The number of hydrogen-bond donors (Lipinski definition) is 0. The Bertz CT molecular complexity index is 1110. The first-order valence-electron chi connectivity index (χ1n) is 13.4. The zero-order valence-corrected chi connectivity index (χ0v) is 22.4. The molecule has 2 aromatic rings. The van der Waals surface area contributed by atoms with Crippen molar-refractivity contribution in [3.8, 4) is 5.88 Å². The number of alkyl halides is 3. The fraction of sp³-hybridized carbons (Fsp3) is 0.667. The maximum atomic E-state index is 12.8. The van der Waals surface area contributed by atoms with Gasteiger partial charge in [0.2, 0.25) is 5.88 Å². The van der Waals surface area contributed by atoms with E-state index in [4.69, 9.17) is 4.74 Å². The van der Waals surface area contributed by atoms with Crippen molar-refractivity contribution >= 4 is 12.1 Å². The minimum Gasteiger partial charge on any atom is -0.465 e. The quantitative estimate of drug-likeness (QED) is 0.470. The first kappa shape index (κ1) is 28.2. The summed E-state index contributed by atoms with van der Waals surface area (Å²) in [6.45, 7) is 5.61. The van der Waals surface area contributed by atoms with Crippen molar-refractivity contribution < 1.29 is 22.7 Å². The van der Waals surface area contributed by atoms with Crippen LogP contribution in [0.3, 0.4) is 0 Å². The lowest BCUT2D eigenvalue weighted by Crippen LogP contribution is -2.31. The van der Waals surface area contributed by atoms with Gasteiger partial charge in [0.1, 0.15) is 5.82 Å². The predicted octanol–water partition coefficient (Wildman–Crippen LogP) is 4.29. The molecule has 208 valence electrons. The van der Waals surface area contributed by atoms with Crippen molar-refractivity contribution in [2.75, 3.05) is 19.6 Å². The van der Waals surface area contributed by atoms with Crippen LogP contribution in [0.15, 0.2) is 17.1 Å². The molecule has 0 radical (unpaired) electrons. The Kier molecular flexibility index (Phi) is 9.17. The highest BCUT2D eigenvalue weighted by atomic mass is 19.4. The first-order chi connectivity index (χ1) is 18.1. The molecule has 0 aromatic carbocycles. The van der Waals surface area contributed by atoms with Crippen LogP contribution in [-0.2, 0) is 31.1 Å². The third kappa shape index (κ3) is 7.85. The van der Waals surface area contributed by atoms with Gasteiger partial charge in [0.15, 0.2) is 11.9 Å². The Balaban J connectivity index is 1.17. The Morgan fingerprint density at radius 2 is 1.92 bits per heavy atom. The number of halogens is 3. The number of carbonyl (C=O) groups is 1. The second-order valence-electron chi connectivity index (χ2n) is 10.5. The van der Waals surface area contributed by atoms with Crippen LogP contribution in [0.5, 0.6) is 5.88 Å². The molecule has 1 aliphatic heterocycles. The van der Waals surface area contributed by atoms with Crippen molar-refractivity contribution in [3.05, 3.63) is 35.0 Å². The summed E-state index contributed by atoms with van der Waals surface area (Å²) < 4.78 is 45.1. The number of amides is 1. The monoisotopic (exact) mass is 534 g/mol. The molecule has 38 heavy (non-hydrogen) atoms. The molecule has 0 spiro atoms. The molecule has 1 aliphatic carbocycles. The largest absolute Gasteiger partial charge is 0.465 e. The van der Waals surface area contributed by atoms with Crippen LogP contribution >= 0.6 is 0 Å². The minimum atomic E-state index is -4.41. The summed E-state index contributed by atoms with van der Waals surface area (Å²) in [4.78, 5) is 27.4. The lowest BCUT2D eigenvalue weighted by Gasteiger charge is -2.28. The van der Waals surface area contributed by atoms with Gasteiger partial charge in [-0.2, -0.15) is 18.3 Å². The van der Waals surface area contributed by atoms with Crippen LogP contribution in [0.25, 0.3) is 0 Å². The summed E-state index contributed by atoms with van der Waals surface area (Å²) in [5.74, 6) is 2.10. The number of carbonyl (C=O) groups excluding carboxylic acids is 1. The molecule has 0 unspecified atom stereocenters. The van der Waals surface area contributed by atoms with E-state index in [0.29, 0.717) is 24.1 Å². The van der Waals surface area contributed by atoms with Crippen molar-refractivity contribution in [3.63, 3.8) is 0 Å². The number of rotatable bonds is 8. The second kappa shape index (κ2) is 12.4. The van der Waals surface area contributed by atoms with Crippen LogP contribution in [0, 0.1) is 18.8 Å². The van der Waals surface area contributed by atoms with E-state index < -0.39 is 12.3 Å². The van der Waals surface area contributed by atoms with Gasteiger partial charge >= 0.3 is 6.18 Å². The van der Waals surface area contributed by atoms with Crippen molar-refractivity contribution in [1.29, 1.82) is 0 Å². The average Bonchev–Trinajstić information content (AvgIpc) is 3.06. The van der Waals surface area contributed by atoms with Gasteiger partial charge in [0, 0.05) is 44.5 Å². The average molecular weight is 535 g/mol. The van der Waals surface area contributed by atoms with E-state index in [2.05, 4.69) is 25.0 Å². The SMILES string of the molecule is Cc1nc(CC(=O)/N=C/C2CCC(CCN3CCc4ccc(O[C@H](C)C(F)(F)F)nc4CC3)CC2)nn1C. The Labute approximate surface area is 221 Å². The predicted molar refractivity (Wildman–Crippen MR) is 137 cm³/mol. The summed E-state index contributed by atoms with van der Waals surface area (Å²) in [5, 5.41) is 4.21. The van der Waals surface area contributed by atoms with Gasteiger partial charge in [-0.05, 0) is 76.3 Å². The molecule has 0 N–H and O–H groups in total. The van der Waals surface area contributed by atoms with Gasteiger partial charge < -0.3 is 9.64 Å². The third-order valence-electron chi connectivity index (χ3n) is 7.67. The molecule has 11 heteroatoms. The van der Waals surface area contributed by atoms with Crippen molar-refractivity contribution in [2.45, 2.75) is 77.5 Å². The number of nitrogens with zero attached hydrogens (tertiary/aromatic N) is 6. The van der Waals surface area contributed by atoms with Gasteiger partial charge in [-0.1, -0.05) is 6.07 Å². The number of aryl methyl sites for hydroxylation is 2. The van der Waals surface area contributed by atoms with E-state index in [9.17, 15) is 18.0 Å². The normalized spacial score (nSPS) is 21.7. The molecule has 2 aromatic heterocycles. The number of fused-ring (bicyclic) bond motifs is 1. The van der Waals surface area contributed by atoms with Crippen LogP contribution in [0.2, 0.25) is 0 Å². The molecule has 8 nitrogen and oxygen atoms in total. The maximum absolute atomic E-state index is 12.8. The summed E-state index contributed by atoms with van der Waals surface area (Å²) in [6.07, 6.45) is 2.64. The maximum Gasteiger partial charge on any atom is 0.425 e. The van der Waals surface area contributed by atoms with E-state index in [-0.39, 0.29) is 18.2 Å². The van der Waals surface area contributed by atoms with E-state index in [0.717, 1.165) is 82.2 Å². The van der Waals surface area contributed by atoms with Gasteiger partial charge in [-0.3, -0.25) is 9.48 Å². The zero-order valence-electron chi connectivity index (χ0n) is 22.4. The third-order valence-corrected chi connectivity index (χ3v) is 7.67. The van der Waals surface area contributed by atoms with Gasteiger partial charge in [-0.25, -0.2) is 15.0 Å². The van der Waals surface area contributed by atoms with Crippen LogP contribution in [0.1, 0.15) is 61.9 Å². The highest BCUT2D eigenvalue weighted by molar-refractivity contribution is 5.86. The fourth-order valence-corrected chi connectivity index (χ4v) is 5.11. The Hall–Kier alpha value is -2.82. The molecular weight excluding hydrogens is 497 g/mol. The van der Waals surface area contributed by atoms with Crippen LogP contribution < -0.4 is 4.74 Å². The fourth-order valence-electron chi connectivity index (χ4n) is 5.11. The number of hydrogen-bond acceptors (Lipinski definition) is 6. The molecule has 2 aliphatic rings. The lowest BCUT2D eigenvalue weighted by atomic mass is 9.81. The van der Waals surface area contributed by atoms with E-state index >= 15 is 0 Å². The summed E-state index contributed by atoms with van der Waals surface area (Å²) >= 11 is 0. The topological polar surface area (TPSA) is 85.5 Å². The van der Waals surface area contributed by atoms with E-state index in [1.807, 2.05) is 19.2 Å². The van der Waals surface area contributed by atoms with E-state index in [1.165, 1.54) is 0 Å². The number of ether oxygens (including phenoxy) is 1. The van der Waals surface area contributed by atoms with Crippen molar-refractivity contribution in [1.82, 2.24) is 24.6 Å². The standard InChI is InChI=1S/C27H37F3N6O2/c1-18(27(28,29)30)38-26-9-8-22-11-14-36(15-12-23(22)33-26)13-10-20-4-6-21(7-5-20)17-31-25(37)16-24-32-19(2)35(3)34-24/h8-9,17-18,20-21H,4-7,10-16H2,1-3H3/b31-17+/t18-,20?,21?/m1/s1. The van der Waals surface area contributed by atoms with Crippen LogP contribution in [0.4, 0.5) is 13.2 Å². The molecule has 3 heterocycles. The minimum absolute atomic E-state index is 0.0347. The second-order valence-corrected chi connectivity index (χ2v) is 10.5. The molecule has 1 amide bonds. The van der Waals surface area contributed by atoms with E-state index in [1.54, 1.807) is 17.8 Å². The molecule has 1 saturated carbocycles. The molecule has 0 bridgehead atoms. The molecular formula is C27H37F3N6O2. The molecule has 0 saturated heterocycles. The Morgan fingerprint density at radius 3 is 2.61 bits per heavy atom. The van der Waals surface area contributed by atoms with Gasteiger partial charge in [0.05, 0.1) is 6.42 Å². The number of aliphatic imine (C=N–C) groups is 1. The Morgan fingerprint density at radius 1 is 1.18 bits per heavy atom. The van der Waals surface area contributed by atoms with Gasteiger partial charge in [0.25, 0.3) is 5.91 Å². The summed E-state index contributed by atoms with van der Waals surface area (Å²) in [7, 11) is 1.80.